The van der Waals surface area contributed by atoms with Crippen molar-refractivity contribution in [3.63, 3.8) is 0 Å². The molecule has 0 aliphatic carbocycles. The van der Waals surface area contributed by atoms with Gasteiger partial charge in [-0.2, -0.15) is 4.31 Å². The van der Waals surface area contributed by atoms with Gasteiger partial charge >= 0.3 is 0 Å². The van der Waals surface area contributed by atoms with Gasteiger partial charge in [-0.3, -0.25) is 4.79 Å². The molecule has 1 aromatic rings. The standard InChI is InChI=1S/C12H20N4O3S/c1-8-6-16(9(2)5-14-8)20(18,19)10-4-11(12(13)17)15(3)7-10/h4,7-9,14H,5-6H2,1-3H3,(H2,13,17). The molecule has 0 saturated carbocycles. The van der Waals surface area contributed by atoms with Crippen molar-refractivity contribution in [1.82, 2.24) is 14.2 Å². The molecule has 2 rings (SSSR count). The normalized spacial score (nSPS) is 24.8. The van der Waals surface area contributed by atoms with E-state index in [1.54, 1.807) is 7.05 Å². The van der Waals surface area contributed by atoms with Crippen molar-refractivity contribution in [2.24, 2.45) is 12.8 Å². The summed E-state index contributed by atoms with van der Waals surface area (Å²) in [5, 5.41) is 3.23. The van der Waals surface area contributed by atoms with E-state index in [-0.39, 0.29) is 22.7 Å². The number of aryl methyl sites for hydroxylation is 1. The lowest BCUT2D eigenvalue weighted by Gasteiger charge is -2.36. The van der Waals surface area contributed by atoms with Gasteiger partial charge in [-0.25, -0.2) is 8.42 Å². The van der Waals surface area contributed by atoms with Gasteiger partial charge in [-0.15, -0.1) is 0 Å². The molecule has 2 atom stereocenters. The van der Waals surface area contributed by atoms with Gasteiger partial charge in [0.1, 0.15) is 10.6 Å². The molecule has 1 aliphatic heterocycles. The van der Waals surface area contributed by atoms with Crippen LogP contribution in [0.3, 0.4) is 0 Å². The van der Waals surface area contributed by atoms with E-state index in [9.17, 15) is 13.2 Å². The number of nitrogens with zero attached hydrogens (tertiary/aromatic N) is 2. The highest BCUT2D eigenvalue weighted by Gasteiger charge is 2.34. The first-order valence-electron chi connectivity index (χ1n) is 6.45. The number of hydrogen-bond acceptors (Lipinski definition) is 4. The van der Waals surface area contributed by atoms with Crippen molar-refractivity contribution >= 4 is 15.9 Å². The first kappa shape index (κ1) is 15.0. The summed E-state index contributed by atoms with van der Waals surface area (Å²) in [5.41, 5.74) is 5.40. The molecule has 20 heavy (non-hydrogen) atoms. The van der Waals surface area contributed by atoms with Gasteiger partial charge in [0.2, 0.25) is 10.0 Å². The number of hydrogen-bond donors (Lipinski definition) is 2. The van der Waals surface area contributed by atoms with Crippen LogP contribution >= 0.6 is 0 Å². The summed E-state index contributed by atoms with van der Waals surface area (Å²) in [5.74, 6) is -0.643. The Bertz CT molecular complexity index is 623. The molecule has 1 fully saturated rings. The fourth-order valence-corrected chi connectivity index (χ4v) is 4.17. The van der Waals surface area contributed by atoms with Crippen molar-refractivity contribution < 1.29 is 13.2 Å². The lowest BCUT2D eigenvalue weighted by Crippen LogP contribution is -2.56. The van der Waals surface area contributed by atoms with Crippen LogP contribution < -0.4 is 11.1 Å². The van der Waals surface area contributed by atoms with E-state index in [0.717, 1.165) is 0 Å². The third-order valence-corrected chi connectivity index (χ3v) is 5.49. The molecule has 2 unspecified atom stereocenters. The molecular weight excluding hydrogens is 280 g/mol. The average molecular weight is 300 g/mol. The fourth-order valence-electron chi connectivity index (χ4n) is 2.38. The van der Waals surface area contributed by atoms with Crippen LogP contribution in [0.2, 0.25) is 0 Å². The van der Waals surface area contributed by atoms with E-state index >= 15 is 0 Å². The summed E-state index contributed by atoms with van der Waals surface area (Å²) in [6, 6.07) is 1.30. The highest BCUT2D eigenvalue weighted by atomic mass is 32.2. The minimum Gasteiger partial charge on any atom is -0.364 e. The average Bonchev–Trinajstić information content (AvgIpc) is 2.75. The van der Waals surface area contributed by atoms with Crippen LogP contribution in [-0.2, 0) is 17.1 Å². The van der Waals surface area contributed by atoms with Crippen LogP contribution in [-0.4, -0.2) is 48.4 Å². The van der Waals surface area contributed by atoms with Crippen LogP contribution in [0.5, 0.6) is 0 Å². The van der Waals surface area contributed by atoms with E-state index in [4.69, 9.17) is 5.73 Å². The molecule has 1 amide bonds. The van der Waals surface area contributed by atoms with E-state index in [0.29, 0.717) is 13.1 Å². The number of rotatable bonds is 3. The first-order valence-corrected chi connectivity index (χ1v) is 7.89. The Kier molecular flexibility index (Phi) is 3.90. The first-order chi connectivity index (χ1) is 9.23. The van der Waals surface area contributed by atoms with Crippen molar-refractivity contribution in [3.8, 4) is 0 Å². The Morgan fingerprint density at radius 3 is 2.65 bits per heavy atom. The molecule has 3 N–H and O–H groups in total. The molecule has 2 heterocycles. The second kappa shape index (κ2) is 5.19. The summed E-state index contributed by atoms with van der Waals surface area (Å²) in [7, 11) is -2.01. The molecule has 112 valence electrons. The zero-order valence-corrected chi connectivity index (χ0v) is 12.6. The van der Waals surface area contributed by atoms with Crippen LogP contribution in [0.15, 0.2) is 17.2 Å². The number of primary amides is 1. The van der Waals surface area contributed by atoms with E-state index < -0.39 is 15.9 Å². The third-order valence-electron chi connectivity index (χ3n) is 3.55. The monoisotopic (exact) mass is 300 g/mol. The zero-order chi connectivity index (χ0) is 15.1. The molecular formula is C12H20N4O3S. The Morgan fingerprint density at radius 1 is 1.45 bits per heavy atom. The zero-order valence-electron chi connectivity index (χ0n) is 11.8. The van der Waals surface area contributed by atoms with Crippen LogP contribution in [0.1, 0.15) is 24.3 Å². The molecule has 0 radical (unpaired) electrons. The predicted octanol–water partition coefficient (Wildman–Crippen LogP) is -0.505. The molecule has 0 bridgehead atoms. The third kappa shape index (κ3) is 2.58. The van der Waals surface area contributed by atoms with E-state index in [1.807, 2.05) is 13.8 Å². The number of piperazine rings is 1. The minimum atomic E-state index is -3.61. The Morgan fingerprint density at radius 2 is 2.10 bits per heavy atom. The smallest absolute Gasteiger partial charge is 0.265 e. The fraction of sp³-hybridized carbons (Fsp3) is 0.583. The number of carbonyl (C=O) groups is 1. The topological polar surface area (TPSA) is 97.4 Å². The predicted molar refractivity (Wildman–Crippen MR) is 74.7 cm³/mol. The summed E-state index contributed by atoms with van der Waals surface area (Å²) in [6.45, 7) is 4.81. The molecule has 1 aromatic heterocycles. The van der Waals surface area contributed by atoms with Crippen molar-refractivity contribution in [1.29, 1.82) is 0 Å². The highest BCUT2D eigenvalue weighted by molar-refractivity contribution is 7.89. The van der Waals surface area contributed by atoms with Crippen molar-refractivity contribution in [3.05, 3.63) is 18.0 Å². The van der Waals surface area contributed by atoms with Crippen LogP contribution in [0.4, 0.5) is 0 Å². The van der Waals surface area contributed by atoms with Crippen molar-refractivity contribution in [2.45, 2.75) is 30.8 Å². The second-order valence-electron chi connectivity index (χ2n) is 5.27. The molecule has 1 aliphatic rings. The van der Waals surface area contributed by atoms with E-state index in [1.165, 1.54) is 21.1 Å². The maximum atomic E-state index is 12.7. The summed E-state index contributed by atoms with van der Waals surface area (Å²) in [6.07, 6.45) is 1.43. The highest BCUT2D eigenvalue weighted by Crippen LogP contribution is 2.22. The number of nitrogens with two attached hydrogens (primary N) is 1. The Hall–Kier alpha value is -1.38. The largest absolute Gasteiger partial charge is 0.364 e. The molecule has 0 spiro atoms. The number of amides is 1. The minimum absolute atomic E-state index is 0.0975. The van der Waals surface area contributed by atoms with Gasteiger partial charge in [0.05, 0.1) is 0 Å². The maximum absolute atomic E-state index is 12.7. The number of aromatic nitrogens is 1. The van der Waals surface area contributed by atoms with E-state index in [2.05, 4.69) is 5.32 Å². The van der Waals surface area contributed by atoms with Gasteiger partial charge in [0, 0.05) is 38.4 Å². The van der Waals surface area contributed by atoms with Crippen molar-refractivity contribution in [2.75, 3.05) is 13.1 Å². The van der Waals surface area contributed by atoms with Gasteiger partial charge in [0.25, 0.3) is 5.91 Å². The van der Waals surface area contributed by atoms with Gasteiger partial charge in [0.15, 0.2) is 0 Å². The molecule has 0 aromatic carbocycles. The second-order valence-corrected chi connectivity index (χ2v) is 7.16. The molecule has 8 heteroatoms. The Balaban J connectivity index is 2.39. The van der Waals surface area contributed by atoms with Gasteiger partial charge < -0.3 is 15.6 Å². The quantitative estimate of drug-likeness (QED) is 0.786. The van der Waals surface area contributed by atoms with Gasteiger partial charge in [-0.1, -0.05) is 0 Å². The number of nitrogens with one attached hydrogen (secondary N) is 1. The maximum Gasteiger partial charge on any atom is 0.265 e. The number of sulfonamides is 1. The SMILES string of the molecule is CC1CN(S(=O)(=O)c2cc(C(N)=O)n(C)c2)C(C)CN1. The molecule has 7 nitrogen and oxygen atoms in total. The summed E-state index contributed by atoms with van der Waals surface area (Å²) >= 11 is 0. The summed E-state index contributed by atoms with van der Waals surface area (Å²) < 4.78 is 28.2. The summed E-state index contributed by atoms with van der Waals surface area (Å²) in [4.78, 5) is 11.3. The lowest BCUT2D eigenvalue weighted by molar-refractivity contribution is 0.0992. The molecule has 1 saturated heterocycles. The van der Waals surface area contributed by atoms with Gasteiger partial charge in [-0.05, 0) is 19.9 Å². The number of carbonyl (C=O) groups excluding carboxylic acids is 1. The Labute approximate surface area is 118 Å². The lowest BCUT2D eigenvalue weighted by atomic mass is 10.2. The van der Waals surface area contributed by atoms with Crippen LogP contribution in [0.25, 0.3) is 0 Å². The van der Waals surface area contributed by atoms with Crippen LogP contribution in [0, 0.1) is 0 Å².